The van der Waals surface area contributed by atoms with Crippen molar-refractivity contribution in [3.63, 3.8) is 0 Å². The molecular formula is C11H22N2O. The van der Waals surface area contributed by atoms with Crippen LogP contribution in [-0.4, -0.2) is 48.4 Å². The van der Waals surface area contributed by atoms with E-state index in [9.17, 15) is 4.79 Å². The fourth-order valence-electron chi connectivity index (χ4n) is 2.21. The van der Waals surface area contributed by atoms with Gasteiger partial charge in [-0.1, -0.05) is 13.8 Å². The Bertz CT molecular complexity index is 194. The van der Waals surface area contributed by atoms with Crippen molar-refractivity contribution in [3.8, 4) is 0 Å². The largest absolute Gasteiger partial charge is 0.344 e. The highest BCUT2D eigenvalue weighted by atomic mass is 16.2. The molecule has 0 N–H and O–H groups in total. The maximum absolute atomic E-state index is 11.4. The Balaban J connectivity index is 2.39. The highest BCUT2D eigenvalue weighted by molar-refractivity contribution is 5.75. The Morgan fingerprint density at radius 2 is 2.21 bits per heavy atom. The molecule has 1 atom stereocenters. The molecule has 0 aromatic carbocycles. The van der Waals surface area contributed by atoms with E-state index in [2.05, 4.69) is 11.8 Å². The van der Waals surface area contributed by atoms with Crippen molar-refractivity contribution >= 4 is 5.91 Å². The molecular weight excluding hydrogens is 176 g/mol. The SMILES string of the molecule is CCC(=O)N(C)CC1CCCN1CC. The second-order valence-corrected chi connectivity index (χ2v) is 4.05. The molecule has 3 heteroatoms. The van der Waals surface area contributed by atoms with Gasteiger partial charge in [-0.25, -0.2) is 0 Å². The molecule has 14 heavy (non-hydrogen) atoms. The van der Waals surface area contributed by atoms with Crippen LogP contribution < -0.4 is 0 Å². The molecule has 3 nitrogen and oxygen atoms in total. The van der Waals surface area contributed by atoms with E-state index < -0.39 is 0 Å². The fraction of sp³-hybridized carbons (Fsp3) is 0.909. The van der Waals surface area contributed by atoms with E-state index in [0.29, 0.717) is 12.5 Å². The zero-order chi connectivity index (χ0) is 10.6. The summed E-state index contributed by atoms with van der Waals surface area (Å²) in [5.74, 6) is 0.257. The van der Waals surface area contributed by atoms with Gasteiger partial charge in [0.1, 0.15) is 0 Å². The lowest BCUT2D eigenvalue weighted by Gasteiger charge is -2.27. The van der Waals surface area contributed by atoms with Gasteiger partial charge in [-0.3, -0.25) is 9.69 Å². The summed E-state index contributed by atoms with van der Waals surface area (Å²) in [5.41, 5.74) is 0. The molecule has 1 saturated heterocycles. The Labute approximate surface area is 87.1 Å². The molecule has 0 saturated carbocycles. The van der Waals surface area contributed by atoms with Gasteiger partial charge in [0.2, 0.25) is 5.91 Å². The zero-order valence-electron chi connectivity index (χ0n) is 9.62. The van der Waals surface area contributed by atoms with Crippen molar-refractivity contribution in [2.24, 2.45) is 0 Å². The van der Waals surface area contributed by atoms with E-state index in [1.807, 2.05) is 18.9 Å². The number of hydrogen-bond donors (Lipinski definition) is 0. The Morgan fingerprint density at radius 1 is 1.50 bits per heavy atom. The smallest absolute Gasteiger partial charge is 0.222 e. The van der Waals surface area contributed by atoms with Crippen molar-refractivity contribution in [2.75, 3.05) is 26.7 Å². The summed E-state index contributed by atoms with van der Waals surface area (Å²) in [6.07, 6.45) is 3.15. The van der Waals surface area contributed by atoms with Crippen molar-refractivity contribution < 1.29 is 4.79 Å². The molecule has 1 fully saturated rings. The van der Waals surface area contributed by atoms with Gasteiger partial charge in [-0.15, -0.1) is 0 Å². The summed E-state index contributed by atoms with van der Waals surface area (Å²) in [4.78, 5) is 15.7. The van der Waals surface area contributed by atoms with Crippen LogP contribution in [0, 0.1) is 0 Å². The van der Waals surface area contributed by atoms with Crippen molar-refractivity contribution in [1.82, 2.24) is 9.80 Å². The van der Waals surface area contributed by atoms with Gasteiger partial charge in [0.15, 0.2) is 0 Å². The average Bonchev–Trinajstić information content (AvgIpc) is 2.63. The van der Waals surface area contributed by atoms with Crippen LogP contribution >= 0.6 is 0 Å². The maximum atomic E-state index is 11.4. The van der Waals surface area contributed by atoms with Gasteiger partial charge in [0.05, 0.1) is 0 Å². The van der Waals surface area contributed by atoms with Crippen LogP contribution in [0.1, 0.15) is 33.1 Å². The number of likely N-dealkylation sites (tertiary alicyclic amines) is 1. The Kier molecular flexibility index (Phi) is 4.39. The predicted octanol–water partition coefficient (Wildman–Crippen LogP) is 1.34. The molecule has 1 amide bonds. The molecule has 1 aliphatic heterocycles. The summed E-state index contributed by atoms with van der Waals surface area (Å²) in [5, 5.41) is 0. The van der Waals surface area contributed by atoms with Crippen LogP contribution in [0.5, 0.6) is 0 Å². The number of carbonyl (C=O) groups excluding carboxylic acids is 1. The predicted molar refractivity (Wildman–Crippen MR) is 58.2 cm³/mol. The molecule has 0 spiro atoms. The summed E-state index contributed by atoms with van der Waals surface area (Å²) in [6.45, 7) is 7.33. The first-order valence-electron chi connectivity index (χ1n) is 5.67. The first-order chi connectivity index (χ1) is 6.69. The highest BCUT2D eigenvalue weighted by Gasteiger charge is 2.24. The number of carbonyl (C=O) groups is 1. The average molecular weight is 198 g/mol. The third-order valence-electron chi connectivity index (χ3n) is 3.12. The van der Waals surface area contributed by atoms with Crippen LogP contribution in [0.2, 0.25) is 0 Å². The van der Waals surface area contributed by atoms with E-state index in [1.54, 1.807) is 0 Å². The number of amides is 1. The number of nitrogens with zero attached hydrogens (tertiary/aromatic N) is 2. The van der Waals surface area contributed by atoms with Gasteiger partial charge in [0, 0.05) is 26.1 Å². The van der Waals surface area contributed by atoms with Gasteiger partial charge in [0.25, 0.3) is 0 Å². The molecule has 0 bridgehead atoms. The number of hydrogen-bond acceptors (Lipinski definition) is 2. The molecule has 1 unspecified atom stereocenters. The van der Waals surface area contributed by atoms with Crippen LogP contribution in [0.4, 0.5) is 0 Å². The van der Waals surface area contributed by atoms with E-state index in [-0.39, 0.29) is 5.91 Å². The normalized spacial score (nSPS) is 22.6. The minimum Gasteiger partial charge on any atom is -0.344 e. The third kappa shape index (κ3) is 2.71. The minimum absolute atomic E-state index is 0.257. The molecule has 0 radical (unpaired) electrons. The Morgan fingerprint density at radius 3 is 2.79 bits per heavy atom. The van der Waals surface area contributed by atoms with Crippen molar-refractivity contribution in [3.05, 3.63) is 0 Å². The summed E-state index contributed by atoms with van der Waals surface area (Å²) in [7, 11) is 1.91. The Hall–Kier alpha value is -0.570. The standard InChI is InChI=1S/C11H22N2O/c1-4-11(14)12(3)9-10-7-6-8-13(10)5-2/h10H,4-9H2,1-3H3. The van der Waals surface area contributed by atoms with Crippen molar-refractivity contribution in [1.29, 1.82) is 0 Å². The van der Waals surface area contributed by atoms with Crippen molar-refractivity contribution in [2.45, 2.75) is 39.2 Å². The molecule has 0 aromatic heterocycles. The molecule has 82 valence electrons. The summed E-state index contributed by atoms with van der Waals surface area (Å²) in [6, 6.07) is 0.598. The van der Waals surface area contributed by atoms with Gasteiger partial charge in [-0.05, 0) is 25.9 Å². The fourth-order valence-corrected chi connectivity index (χ4v) is 2.21. The lowest BCUT2D eigenvalue weighted by molar-refractivity contribution is -0.130. The topological polar surface area (TPSA) is 23.6 Å². The lowest BCUT2D eigenvalue weighted by atomic mass is 10.2. The quantitative estimate of drug-likeness (QED) is 0.680. The van der Waals surface area contributed by atoms with Gasteiger partial charge < -0.3 is 4.90 Å². The third-order valence-corrected chi connectivity index (χ3v) is 3.12. The van der Waals surface area contributed by atoms with Crippen LogP contribution in [0.25, 0.3) is 0 Å². The number of rotatable bonds is 4. The maximum Gasteiger partial charge on any atom is 0.222 e. The molecule has 0 aromatic rings. The van der Waals surface area contributed by atoms with Crippen LogP contribution in [0.15, 0.2) is 0 Å². The number of likely N-dealkylation sites (N-methyl/N-ethyl adjacent to an activating group) is 2. The molecule has 1 aliphatic rings. The first kappa shape index (κ1) is 11.5. The summed E-state index contributed by atoms with van der Waals surface area (Å²) < 4.78 is 0. The minimum atomic E-state index is 0.257. The van der Waals surface area contributed by atoms with E-state index in [0.717, 1.165) is 13.1 Å². The van der Waals surface area contributed by atoms with Crippen LogP contribution in [0.3, 0.4) is 0 Å². The van der Waals surface area contributed by atoms with Gasteiger partial charge >= 0.3 is 0 Å². The molecule has 1 heterocycles. The second-order valence-electron chi connectivity index (χ2n) is 4.05. The molecule has 1 rings (SSSR count). The van der Waals surface area contributed by atoms with E-state index >= 15 is 0 Å². The lowest BCUT2D eigenvalue weighted by Crippen LogP contribution is -2.40. The van der Waals surface area contributed by atoms with E-state index in [4.69, 9.17) is 0 Å². The monoisotopic (exact) mass is 198 g/mol. The second kappa shape index (κ2) is 5.35. The van der Waals surface area contributed by atoms with E-state index in [1.165, 1.54) is 19.4 Å². The molecule has 0 aliphatic carbocycles. The van der Waals surface area contributed by atoms with Crippen LogP contribution in [-0.2, 0) is 4.79 Å². The first-order valence-corrected chi connectivity index (χ1v) is 5.67. The highest BCUT2D eigenvalue weighted by Crippen LogP contribution is 2.17. The zero-order valence-corrected chi connectivity index (χ0v) is 9.62. The summed E-state index contributed by atoms with van der Waals surface area (Å²) >= 11 is 0. The van der Waals surface area contributed by atoms with Gasteiger partial charge in [-0.2, -0.15) is 0 Å².